The average molecular weight is 400 g/mol. The maximum atomic E-state index is 13.2. The van der Waals surface area contributed by atoms with Gasteiger partial charge < -0.3 is 4.90 Å². The molecule has 0 N–H and O–H groups in total. The van der Waals surface area contributed by atoms with Crippen LogP contribution in [0.15, 0.2) is 53.4 Å². The Balaban J connectivity index is 1.87. The fourth-order valence-electron chi connectivity index (χ4n) is 2.82. The van der Waals surface area contributed by atoms with Gasteiger partial charge >= 0.3 is 0 Å². The number of carbonyl (C=O) groups excluding carboxylic acids is 1. The van der Waals surface area contributed by atoms with E-state index in [9.17, 15) is 4.79 Å². The van der Waals surface area contributed by atoms with Crippen LogP contribution < -0.4 is 4.90 Å². The van der Waals surface area contributed by atoms with Crippen LogP contribution in [0.5, 0.6) is 0 Å². The molecule has 0 aliphatic rings. The summed E-state index contributed by atoms with van der Waals surface area (Å²) < 4.78 is 1.10. The van der Waals surface area contributed by atoms with Crippen molar-refractivity contribution in [1.29, 1.82) is 0 Å². The van der Waals surface area contributed by atoms with E-state index < -0.39 is 0 Å². The SMILES string of the molecule is CCSc1ccc(C(=O)N(CCCN(C)C)c2nc3ccccc3s2)cc1. The number of amides is 1. The van der Waals surface area contributed by atoms with E-state index in [4.69, 9.17) is 4.98 Å². The second-order valence-electron chi connectivity index (χ2n) is 6.54. The lowest BCUT2D eigenvalue weighted by Gasteiger charge is -2.21. The van der Waals surface area contributed by atoms with Crippen molar-refractivity contribution in [1.82, 2.24) is 9.88 Å². The minimum absolute atomic E-state index is 0.0147. The van der Waals surface area contributed by atoms with Gasteiger partial charge in [0.2, 0.25) is 0 Å². The molecule has 1 amide bonds. The molecule has 0 spiro atoms. The number of aromatic nitrogens is 1. The van der Waals surface area contributed by atoms with E-state index in [1.54, 1.807) is 23.1 Å². The molecule has 1 aromatic heterocycles. The van der Waals surface area contributed by atoms with Gasteiger partial charge in [0, 0.05) is 17.0 Å². The zero-order chi connectivity index (χ0) is 19.2. The molecule has 6 heteroatoms. The number of nitrogens with zero attached hydrogens (tertiary/aromatic N) is 3. The molecule has 3 rings (SSSR count). The number of fused-ring (bicyclic) bond motifs is 1. The van der Waals surface area contributed by atoms with Gasteiger partial charge in [-0.2, -0.15) is 0 Å². The van der Waals surface area contributed by atoms with Crippen LogP contribution in [-0.4, -0.2) is 48.7 Å². The Morgan fingerprint density at radius 1 is 1.07 bits per heavy atom. The van der Waals surface area contributed by atoms with Crippen molar-refractivity contribution >= 4 is 44.4 Å². The number of para-hydroxylation sites is 1. The molecule has 3 aromatic rings. The smallest absolute Gasteiger partial charge is 0.260 e. The number of thioether (sulfide) groups is 1. The van der Waals surface area contributed by atoms with Crippen LogP contribution in [0.1, 0.15) is 23.7 Å². The largest absolute Gasteiger partial charge is 0.309 e. The van der Waals surface area contributed by atoms with Gasteiger partial charge in [-0.3, -0.25) is 9.69 Å². The summed E-state index contributed by atoms with van der Waals surface area (Å²) in [5, 5.41) is 0.770. The Bertz CT molecular complexity index is 857. The molecule has 4 nitrogen and oxygen atoms in total. The molecule has 0 aliphatic heterocycles. The van der Waals surface area contributed by atoms with Gasteiger partial charge in [0.05, 0.1) is 10.2 Å². The van der Waals surface area contributed by atoms with Crippen molar-refractivity contribution in [2.45, 2.75) is 18.2 Å². The second-order valence-corrected chi connectivity index (χ2v) is 8.88. The molecular formula is C21H25N3OS2. The summed E-state index contributed by atoms with van der Waals surface area (Å²) in [6.07, 6.45) is 0.901. The minimum Gasteiger partial charge on any atom is -0.309 e. The normalized spacial score (nSPS) is 11.3. The topological polar surface area (TPSA) is 36.4 Å². The number of benzene rings is 2. The molecule has 142 valence electrons. The van der Waals surface area contributed by atoms with E-state index in [1.165, 1.54) is 4.90 Å². The van der Waals surface area contributed by atoms with E-state index in [2.05, 4.69) is 17.9 Å². The zero-order valence-electron chi connectivity index (χ0n) is 16.0. The average Bonchev–Trinajstić information content (AvgIpc) is 3.09. The van der Waals surface area contributed by atoms with Crippen molar-refractivity contribution in [3.63, 3.8) is 0 Å². The summed E-state index contributed by atoms with van der Waals surface area (Å²) in [5.41, 5.74) is 1.65. The van der Waals surface area contributed by atoms with Gasteiger partial charge in [-0.05, 0) is 69.2 Å². The van der Waals surface area contributed by atoms with E-state index in [0.717, 1.165) is 34.1 Å². The Morgan fingerprint density at radius 2 is 1.81 bits per heavy atom. The first-order chi connectivity index (χ1) is 13.1. The standard InChI is InChI=1S/C21H25N3OS2/c1-4-26-17-12-10-16(11-13-17)20(25)24(15-7-14-23(2)3)21-22-18-8-5-6-9-19(18)27-21/h5-6,8-13H,4,7,14-15H2,1-3H3. The van der Waals surface area contributed by atoms with E-state index in [-0.39, 0.29) is 5.91 Å². The number of thiazole rings is 1. The summed E-state index contributed by atoms with van der Waals surface area (Å²) in [6.45, 7) is 3.71. The predicted molar refractivity (Wildman–Crippen MR) is 117 cm³/mol. The van der Waals surface area contributed by atoms with Crippen LogP contribution in [0.25, 0.3) is 10.2 Å². The lowest BCUT2D eigenvalue weighted by molar-refractivity contribution is 0.0986. The highest BCUT2D eigenvalue weighted by Gasteiger charge is 2.21. The molecule has 0 saturated heterocycles. The van der Waals surface area contributed by atoms with Crippen LogP contribution in [-0.2, 0) is 0 Å². The molecule has 0 atom stereocenters. The van der Waals surface area contributed by atoms with Crippen LogP contribution in [0.2, 0.25) is 0 Å². The lowest BCUT2D eigenvalue weighted by Crippen LogP contribution is -2.33. The Morgan fingerprint density at radius 3 is 2.48 bits per heavy atom. The van der Waals surface area contributed by atoms with Crippen molar-refractivity contribution in [2.24, 2.45) is 0 Å². The fourth-order valence-corrected chi connectivity index (χ4v) is 4.47. The van der Waals surface area contributed by atoms with Crippen molar-refractivity contribution in [2.75, 3.05) is 37.8 Å². The van der Waals surface area contributed by atoms with Crippen molar-refractivity contribution < 1.29 is 4.79 Å². The molecule has 0 fully saturated rings. The molecule has 1 heterocycles. The van der Waals surface area contributed by atoms with Gasteiger partial charge in [-0.1, -0.05) is 30.4 Å². The summed E-state index contributed by atoms with van der Waals surface area (Å²) >= 11 is 3.35. The quantitative estimate of drug-likeness (QED) is 0.499. The monoisotopic (exact) mass is 399 g/mol. The highest BCUT2D eigenvalue weighted by molar-refractivity contribution is 7.99. The maximum Gasteiger partial charge on any atom is 0.260 e. The van der Waals surface area contributed by atoms with Crippen molar-refractivity contribution in [3.8, 4) is 0 Å². The Labute approximate surface area is 169 Å². The number of hydrogen-bond donors (Lipinski definition) is 0. The summed E-state index contributed by atoms with van der Waals surface area (Å²) in [7, 11) is 4.10. The summed E-state index contributed by atoms with van der Waals surface area (Å²) in [4.78, 5) is 23.1. The highest BCUT2D eigenvalue weighted by atomic mass is 32.2. The molecule has 0 unspecified atom stereocenters. The number of anilines is 1. The molecule has 0 aliphatic carbocycles. The number of hydrogen-bond acceptors (Lipinski definition) is 5. The molecular weight excluding hydrogens is 374 g/mol. The number of carbonyl (C=O) groups is 1. The molecule has 0 bridgehead atoms. The van der Waals surface area contributed by atoms with Crippen LogP contribution in [0, 0.1) is 0 Å². The zero-order valence-corrected chi connectivity index (χ0v) is 17.6. The summed E-state index contributed by atoms with van der Waals surface area (Å²) in [6, 6.07) is 15.9. The van der Waals surface area contributed by atoms with Crippen LogP contribution >= 0.6 is 23.1 Å². The molecule has 27 heavy (non-hydrogen) atoms. The first-order valence-electron chi connectivity index (χ1n) is 9.13. The first kappa shape index (κ1) is 19.9. The Hall–Kier alpha value is -1.89. The third-order valence-electron chi connectivity index (χ3n) is 4.16. The minimum atomic E-state index is 0.0147. The van der Waals surface area contributed by atoms with Crippen molar-refractivity contribution in [3.05, 3.63) is 54.1 Å². The molecule has 2 aromatic carbocycles. The van der Waals surface area contributed by atoms with Crippen LogP contribution in [0.3, 0.4) is 0 Å². The summed E-state index contributed by atoms with van der Waals surface area (Å²) in [5.74, 6) is 1.04. The van der Waals surface area contributed by atoms with E-state index in [1.807, 2.05) is 61.5 Å². The van der Waals surface area contributed by atoms with Gasteiger partial charge in [0.25, 0.3) is 5.91 Å². The van der Waals surface area contributed by atoms with Gasteiger partial charge in [0.1, 0.15) is 0 Å². The highest BCUT2D eigenvalue weighted by Crippen LogP contribution is 2.30. The Kier molecular flexibility index (Phi) is 6.88. The van der Waals surface area contributed by atoms with Gasteiger partial charge in [0.15, 0.2) is 5.13 Å². The second kappa shape index (κ2) is 9.35. The lowest BCUT2D eigenvalue weighted by atomic mass is 10.2. The molecule has 0 saturated carbocycles. The van der Waals surface area contributed by atoms with Gasteiger partial charge in [-0.15, -0.1) is 11.8 Å². The van der Waals surface area contributed by atoms with Gasteiger partial charge in [-0.25, -0.2) is 4.98 Å². The number of rotatable bonds is 8. The fraction of sp³-hybridized carbons (Fsp3) is 0.333. The predicted octanol–water partition coefficient (Wildman–Crippen LogP) is 5.01. The maximum absolute atomic E-state index is 13.2. The third kappa shape index (κ3) is 5.09. The third-order valence-corrected chi connectivity index (χ3v) is 6.11. The van der Waals surface area contributed by atoms with E-state index >= 15 is 0 Å². The molecule has 0 radical (unpaired) electrons. The first-order valence-corrected chi connectivity index (χ1v) is 10.9. The van der Waals surface area contributed by atoms with E-state index in [0.29, 0.717) is 12.1 Å². The van der Waals surface area contributed by atoms with Crippen LogP contribution in [0.4, 0.5) is 5.13 Å².